The van der Waals surface area contributed by atoms with Gasteiger partial charge in [-0.25, -0.2) is 4.79 Å². The van der Waals surface area contributed by atoms with Gasteiger partial charge >= 0.3 is 5.69 Å². The molecule has 6 nitrogen and oxygen atoms in total. The van der Waals surface area contributed by atoms with Crippen LogP contribution in [0.3, 0.4) is 0 Å². The standard InChI is InChI=1S/C17H27N3O3/c1-5-9-23-12-7-6-8-20(11-12)15(21)13-10-14(17(2,3)4)19-16(22)18-13/h10,12H,5-9,11H2,1-4H3,(H,18,19,22)/t12-/m0/s1. The highest BCUT2D eigenvalue weighted by atomic mass is 16.5. The Kier molecular flexibility index (Phi) is 5.57. The van der Waals surface area contributed by atoms with E-state index in [1.165, 1.54) is 0 Å². The molecule has 0 spiro atoms. The lowest BCUT2D eigenvalue weighted by atomic mass is 9.91. The van der Waals surface area contributed by atoms with Crippen molar-refractivity contribution >= 4 is 5.91 Å². The average molecular weight is 321 g/mol. The monoisotopic (exact) mass is 321 g/mol. The molecule has 23 heavy (non-hydrogen) atoms. The number of likely N-dealkylation sites (tertiary alicyclic amines) is 1. The predicted octanol–water partition coefficient (Wildman–Crippen LogP) is 2.10. The maximum absolute atomic E-state index is 12.7. The molecule has 0 saturated carbocycles. The van der Waals surface area contributed by atoms with E-state index >= 15 is 0 Å². The van der Waals surface area contributed by atoms with Crippen molar-refractivity contribution in [2.24, 2.45) is 0 Å². The lowest BCUT2D eigenvalue weighted by Crippen LogP contribution is -2.44. The van der Waals surface area contributed by atoms with Crippen LogP contribution in [0.1, 0.15) is 63.1 Å². The van der Waals surface area contributed by atoms with E-state index in [9.17, 15) is 9.59 Å². The summed E-state index contributed by atoms with van der Waals surface area (Å²) in [6.45, 7) is 10.00. The molecule has 0 aliphatic carbocycles. The summed E-state index contributed by atoms with van der Waals surface area (Å²) >= 11 is 0. The molecule has 0 bridgehead atoms. The Morgan fingerprint density at radius 2 is 2.22 bits per heavy atom. The van der Waals surface area contributed by atoms with Gasteiger partial charge in [0.25, 0.3) is 5.91 Å². The summed E-state index contributed by atoms with van der Waals surface area (Å²) in [5, 5.41) is 0. The van der Waals surface area contributed by atoms with Gasteiger partial charge in [0.2, 0.25) is 0 Å². The number of ether oxygens (including phenoxy) is 1. The van der Waals surface area contributed by atoms with E-state index < -0.39 is 5.69 Å². The number of H-pyrrole nitrogens is 1. The summed E-state index contributed by atoms with van der Waals surface area (Å²) in [6.07, 6.45) is 2.93. The zero-order valence-electron chi connectivity index (χ0n) is 14.5. The van der Waals surface area contributed by atoms with Gasteiger partial charge in [0.15, 0.2) is 0 Å². The van der Waals surface area contributed by atoms with E-state index in [1.54, 1.807) is 11.0 Å². The quantitative estimate of drug-likeness (QED) is 0.921. The summed E-state index contributed by atoms with van der Waals surface area (Å²) in [5.41, 5.74) is 0.217. The molecule has 2 heterocycles. The van der Waals surface area contributed by atoms with E-state index in [2.05, 4.69) is 16.9 Å². The summed E-state index contributed by atoms with van der Waals surface area (Å²) in [5.74, 6) is -0.189. The van der Waals surface area contributed by atoms with Crippen molar-refractivity contribution < 1.29 is 9.53 Å². The summed E-state index contributed by atoms with van der Waals surface area (Å²) in [6, 6.07) is 1.69. The van der Waals surface area contributed by atoms with Crippen LogP contribution in [-0.4, -0.2) is 46.6 Å². The van der Waals surface area contributed by atoms with E-state index in [1.807, 2.05) is 20.8 Å². The summed E-state index contributed by atoms with van der Waals surface area (Å²) < 4.78 is 5.77. The average Bonchev–Trinajstić information content (AvgIpc) is 2.51. The first kappa shape index (κ1) is 17.7. The van der Waals surface area contributed by atoms with Crippen LogP contribution < -0.4 is 5.69 Å². The van der Waals surface area contributed by atoms with Gasteiger partial charge in [-0.2, -0.15) is 4.98 Å². The predicted molar refractivity (Wildman–Crippen MR) is 88.7 cm³/mol. The summed E-state index contributed by atoms with van der Waals surface area (Å²) in [4.78, 5) is 32.8. The van der Waals surface area contributed by atoms with Gasteiger partial charge < -0.3 is 14.6 Å². The Balaban J connectivity index is 2.16. The fraction of sp³-hybridized carbons (Fsp3) is 0.706. The van der Waals surface area contributed by atoms with Gasteiger partial charge in [0.1, 0.15) is 5.69 Å². The van der Waals surface area contributed by atoms with Crippen LogP contribution >= 0.6 is 0 Å². The molecule has 6 heteroatoms. The second kappa shape index (κ2) is 7.25. The van der Waals surface area contributed by atoms with Gasteiger partial charge in [-0.1, -0.05) is 27.7 Å². The van der Waals surface area contributed by atoms with Gasteiger partial charge in [-0.3, -0.25) is 4.79 Å². The van der Waals surface area contributed by atoms with E-state index in [-0.39, 0.29) is 23.1 Å². The fourth-order valence-corrected chi connectivity index (χ4v) is 2.68. The largest absolute Gasteiger partial charge is 0.376 e. The van der Waals surface area contributed by atoms with Gasteiger partial charge in [0.05, 0.1) is 6.10 Å². The number of carbonyl (C=O) groups is 1. The topological polar surface area (TPSA) is 75.3 Å². The molecular formula is C17H27N3O3. The Morgan fingerprint density at radius 3 is 2.87 bits per heavy atom. The molecule has 1 atom stereocenters. The lowest BCUT2D eigenvalue weighted by molar-refractivity contribution is 0.00190. The number of piperidine rings is 1. The van der Waals surface area contributed by atoms with Crippen molar-refractivity contribution in [2.75, 3.05) is 19.7 Å². The molecule has 128 valence electrons. The first-order chi connectivity index (χ1) is 10.8. The molecule has 2 rings (SSSR count). The highest BCUT2D eigenvalue weighted by molar-refractivity contribution is 5.92. The van der Waals surface area contributed by atoms with Crippen molar-refractivity contribution in [1.29, 1.82) is 0 Å². The molecule has 1 aromatic rings. The molecule has 0 radical (unpaired) electrons. The molecular weight excluding hydrogens is 294 g/mol. The Bertz CT molecular complexity index is 604. The first-order valence-corrected chi connectivity index (χ1v) is 8.34. The maximum Gasteiger partial charge on any atom is 0.345 e. The SMILES string of the molecule is CCCO[C@H]1CCCN(C(=O)c2cc(C(C)(C)C)[nH]c(=O)n2)C1. The van der Waals surface area contributed by atoms with Crippen LogP contribution in [0, 0.1) is 0 Å². The maximum atomic E-state index is 12.7. The molecule has 0 unspecified atom stereocenters. The summed E-state index contributed by atoms with van der Waals surface area (Å²) in [7, 11) is 0. The van der Waals surface area contributed by atoms with Crippen molar-refractivity contribution in [3.05, 3.63) is 27.9 Å². The number of nitrogens with one attached hydrogen (secondary N) is 1. The van der Waals surface area contributed by atoms with Crippen LogP contribution in [0.15, 0.2) is 10.9 Å². The molecule has 1 N–H and O–H groups in total. The second-order valence-corrected chi connectivity index (χ2v) is 7.12. The van der Waals surface area contributed by atoms with Crippen LogP contribution in [0.25, 0.3) is 0 Å². The van der Waals surface area contributed by atoms with Gasteiger partial charge in [-0.05, 0) is 25.3 Å². The van der Waals surface area contributed by atoms with Crippen LogP contribution in [0.2, 0.25) is 0 Å². The number of amides is 1. The van der Waals surface area contributed by atoms with Crippen LogP contribution in [0.4, 0.5) is 0 Å². The fourth-order valence-electron chi connectivity index (χ4n) is 2.68. The van der Waals surface area contributed by atoms with Gasteiger partial charge in [-0.15, -0.1) is 0 Å². The minimum Gasteiger partial charge on any atom is -0.376 e. The number of nitrogens with zero attached hydrogens (tertiary/aromatic N) is 2. The molecule has 1 fully saturated rings. The van der Waals surface area contributed by atoms with Crippen molar-refractivity contribution in [3.63, 3.8) is 0 Å². The van der Waals surface area contributed by atoms with Crippen LogP contribution in [0.5, 0.6) is 0 Å². The Labute approximate surface area is 137 Å². The highest BCUT2D eigenvalue weighted by Crippen LogP contribution is 2.20. The number of hydrogen-bond donors (Lipinski definition) is 1. The molecule has 0 aromatic carbocycles. The Hall–Kier alpha value is -1.69. The Morgan fingerprint density at radius 1 is 1.48 bits per heavy atom. The highest BCUT2D eigenvalue weighted by Gasteiger charge is 2.27. The zero-order valence-corrected chi connectivity index (χ0v) is 14.5. The molecule has 1 aliphatic rings. The lowest BCUT2D eigenvalue weighted by Gasteiger charge is -2.32. The van der Waals surface area contributed by atoms with E-state index in [0.29, 0.717) is 19.7 Å². The second-order valence-electron chi connectivity index (χ2n) is 7.12. The minimum absolute atomic E-state index is 0.0803. The third-order valence-electron chi connectivity index (χ3n) is 3.99. The molecule has 1 aromatic heterocycles. The molecule has 1 aliphatic heterocycles. The number of aromatic amines is 1. The smallest absolute Gasteiger partial charge is 0.345 e. The normalized spacial score (nSPS) is 19.0. The number of aromatic nitrogens is 2. The van der Waals surface area contributed by atoms with E-state index in [0.717, 1.165) is 25.0 Å². The van der Waals surface area contributed by atoms with E-state index in [4.69, 9.17) is 4.74 Å². The molecule has 1 amide bonds. The first-order valence-electron chi connectivity index (χ1n) is 8.34. The van der Waals surface area contributed by atoms with Crippen molar-refractivity contribution in [1.82, 2.24) is 14.9 Å². The molecule has 1 saturated heterocycles. The number of hydrogen-bond acceptors (Lipinski definition) is 4. The van der Waals surface area contributed by atoms with Crippen LogP contribution in [-0.2, 0) is 10.2 Å². The third-order valence-corrected chi connectivity index (χ3v) is 3.99. The minimum atomic E-state index is -0.475. The van der Waals surface area contributed by atoms with Crippen molar-refractivity contribution in [3.8, 4) is 0 Å². The zero-order chi connectivity index (χ0) is 17.0. The van der Waals surface area contributed by atoms with Crippen molar-refractivity contribution in [2.45, 2.75) is 58.5 Å². The number of rotatable bonds is 4. The van der Waals surface area contributed by atoms with Gasteiger partial charge in [0, 0.05) is 30.8 Å². The number of carbonyl (C=O) groups excluding carboxylic acids is 1. The third kappa shape index (κ3) is 4.64.